The highest BCUT2D eigenvalue weighted by Crippen LogP contribution is 2.33. The number of ketones is 1. The molecule has 0 unspecified atom stereocenters. The van der Waals surface area contributed by atoms with Crippen LogP contribution >= 0.6 is 15.9 Å². The number of Topliss-reactive ketones (excluding diaryl/α,β-unsaturated/α-hetero) is 1. The van der Waals surface area contributed by atoms with E-state index in [4.69, 9.17) is 9.47 Å². The van der Waals surface area contributed by atoms with Gasteiger partial charge in [-0.3, -0.25) is 4.79 Å². The Morgan fingerprint density at radius 2 is 2.19 bits per heavy atom. The lowest BCUT2D eigenvalue weighted by molar-refractivity contribution is 0.0988. The topological polar surface area (TPSA) is 35.5 Å². The largest absolute Gasteiger partial charge is 0.454 e. The van der Waals surface area contributed by atoms with Gasteiger partial charge in [0.05, 0.1) is 4.83 Å². The zero-order valence-corrected chi connectivity index (χ0v) is 10.6. The summed E-state index contributed by atoms with van der Waals surface area (Å²) in [5.41, 5.74) is 0.666. The van der Waals surface area contributed by atoms with Gasteiger partial charge in [-0.2, -0.15) is 0 Å². The average molecular weight is 285 g/mol. The molecule has 0 radical (unpaired) electrons. The van der Waals surface area contributed by atoms with E-state index in [1.54, 1.807) is 18.2 Å². The van der Waals surface area contributed by atoms with Crippen LogP contribution in [0, 0.1) is 0 Å². The van der Waals surface area contributed by atoms with Crippen LogP contribution in [0.15, 0.2) is 18.2 Å². The van der Waals surface area contributed by atoms with Gasteiger partial charge in [-0.05, 0) is 24.6 Å². The molecule has 3 nitrogen and oxygen atoms in total. The van der Waals surface area contributed by atoms with E-state index in [-0.39, 0.29) is 17.4 Å². The zero-order chi connectivity index (χ0) is 11.5. The maximum absolute atomic E-state index is 12.0. The summed E-state index contributed by atoms with van der Waals surface area (Å²) in [5.74, 6) is 1.46. The Morgan fingerprint density at radius 3 is 2.94 bits per heavy atom. The molecule has 1 aromatic carbocycles. The van der Waals surface area contributed by atoms with Crippen molar-refractivity contribution in [3.8, 4) is 11.5 Å². The van der Waals surface area contributed by atoms with Crippen LogP contribution in [0.2, 0.25) is 0 Å². The molecule has 0 bridgehead atoms. The molecular weight excluding hydrogens is 272 g/mol. The fraction of sp³-hybridized carbons (Fsp3) is 0.417. The highest BCUT2D eigenvalue weighted by atomic mass is 79.9. The molecule has 1 aromatic rings. The van der Waals surface area contributed by atoms with Gasteiger partial charge in [0.1, 0.15) is 0 Å². The molecule has 86 valence electrons. The Kier molecular flexibility index (Phi) is 3.49. The van der Waals surface area contributed by atoms with Gasteiger partial charge < -0.3 is 9.47 Å². The second-order valence-corrected chi connectivity index (χ2v) is 4.79. The molecule has 4 heteroatoms. The SMILES string of the molecule is CCC[C@H](Br)C(=O)c1ccc2c(c1)OCO2. The van der Waals surface area contributed by atoms with E-state index in [1.807, 2.05) is 0 Å². The van der Waals surface area contributed by atoms with Gasteiger partial charge in [0, 0.05) is 5.56 Å². The molecule has 0 saturated heterocycles. The van der Waals surface area contributed by atoms with Crippen molar-refractivity contribution >= 4 is 21.7 Å². The zero-order valence-electron chi connectivity index (χ0n) is 9.03. The molecule has 1 aliphatic rings. The summed E-state index contributed by atoms with van der Waals surface area (Å²) in [6, 6.07) is 5.30. The summed E-state index contributed by atoms with van der Waals surface area (Å²) < 4.78 is 10.4. The van der Waals surface area contributed by atoms with E-state index in [0.717, 1.165) is 12.8 Å². The Balaban J connectivity index is 2.18. The van der Waals surface area contributed by atoms with Crippen LogP contribution < -0.4 is 9.47 Å². The molecule has 0 spiro atoms. The van der Waals surface area contributed by atoms with Gasteiger partial charge in [0.25, 0.3) is 0 Å². The van der Waals surface area contributed by atoms with Gasteiger partial charge >= 0.3 is 0 Å². The van der Waals surface area contributed by atoms with Crippen LogP contribution in [0.4, 0.5) is 0 Å². The van der Waals surface area contributed by atoms with Crippen molar-refractivity contribution in [1.29, 1.82) is 0 Å². The molecule has 0 aromatic heterocycles. The fourth-order valence-corrected chi connectivity index (χ4v) is 2.34. The first-order valence-electron chi connectivity index (χ1n) is 5.30. The lowest BCUT2D eigenvalue weighted by atomic mass is 10.1. The second-order valence-electron chi connectivity index (χ2n) is 3.69. The van der Waals surface area contributed by atoms with Gasteiger partial charge in [-0.1, -0.05) is 29.3 Å². The highest BCUT2D eigenvalue weighted by Gasteiger charge is 2.20. The molecule has 0 fully saturated rings. The number of alkyl halides is 1. The minimum atomic E-state index is -0.113. The van der Waals surface area contributed by atoms with E-state index >= 15 is 0 Å². The lowest BCUT2D eigenvalue weighted by Gasteiger charge is -2.07. The van der Waals surface area contributed by atoms with Gasteiger partial charge in [-0.15, -0.1) is 0 Å². The Morgan fingerprint density at radius 1 is 1.44 bits per heavy atom. The molecule has 0 N–H and O–H groups in total. The quantitative estimate of drug-likeness (QED) is 0.629. The van der Waals surface area contributed by atoms with Crippen LogP contribution in [0.1, 0.15) is 30.1 Å². The number of halogens is 1. The number of ether oxygens (including phenoxy) is 2. The van der Waals surface area contributed by atoms with Crippen LogP contribution in [0.25, 0.3) is 0 Å². The smallest absolute Gasteiger partial charge is 0.231 e. The predicted molar refractivity (Wildman–Crippen MR) is 64.5 cm³/mol. The molecule has 2 rings (SSSR count). The van der Waals surface area contributed by atoms with Crippen molar-refractivity contribution in [2.75, 3.05) is 6.79 Å². The fourth-order valence-electron chi connectivity index (χ4n) is 1.62. The number of rotatable bonds is 4. The van der Waals surface area contributed by atoms with Crippen molar-refractivity contribution < 1.29 is 14.3 Å². The Hall–Kier alpha value is -1.03. The third-order valence-corrected chi connectivity index (χ3v) is 3.36. The van der Waals surface area contributed by atoms with Gasteiger partial charge in [0.2, 0.25) is 6.79 Å². The van der Waals surface area contributed by atoms with E-state index in [0.29, 0.717) is 17.1 Å². The van der Waals surface area contributed by atoms with Crippen molar-refractivity contribution in [3.05, 3.63) is 23.8 Å². The van der Waals surface area contributed by atoms with E-state index in [1.165, 1.54) is 0 Å². The molecule has 1 heterocycles. The second kappa shape index (κ2) is 4.87. The van der Waals surface area contributed by atoms with Crippen LogP contribution in [0.3, 0.4) is 0 Å². The summed E-state index contributed by atoms with van der Waals surface area (Å²) in [6.45, 7) is 2.29. The first-order valence-corrected chi connectivity index (χ1v) is 6.22. The van der Waals surface area contributed by atoms with Crippen LogP contribution in [-0.2, 0) is 0 Å². The summed E-state index contributed by atoms with van der Waals surface area (Å²) in [4.78, 5) is 11.9. The molecule has 1 atom stereocenters. The summed E-state index contributed by atoms with van der Waals surface area (Å²) in [5, 5.41) is 0. The van der Waals surface area contributed by atoms with Crippen LogP contribution in [-0.4, -0.2) is 17.4 Å². The van der Waals surface area contributed by atoms with Gasteiger partial charge in [-0.25, -0.2) is 0 Å². The maximum atomic E-state index is 12.0. The molecule has 0 amide bonds. The van der Waals surface area contributed by atoms with Crippen LogP contribution in [0.5, 0.6) is 11.5 Å². The van der Waals surface area contributed by atoms with Crippen molar-refractivity contribution in [2.45, 2.75) is 24.6 Å². The van der Waals surface area contributed by atoms with Crippen molar-refractivity contribution in [1.82, 2.24) is 0 Å². The number of hydrogen-bond acceptors (Lipinski definition) is 3. The van der Waals surface area contributed by atoms with Crippen molar-refractivity contribution in [2.24, 2.45) is 0 Å². The number of carbonyl (C=O) groups is 1. The lowest BCUT2D eigenvalue weighted by Crippen LogP contribution is -2.13. The average Bonchev–Trinajstić information content (AvgIpc) is 2.75. The number of fused-ring (bicyclic) bond motifs is 1. The first-order chi connectivity index (χ1) is 7.72. The standard InChI is InChI=1S/C12H13BrO3/c1-2-3-9(13)12(14)8-4-5-10-11(6-8)16-7-15-10/h4-6,9H,2-3,7H2,1H3/t9-/m0/s1. The van der Waals surface area contributed by atoms with Gasteiger partial charge in [0.15, 0.2) is 17.3 Å². The van der Waals surface area contributed by atoms with E-state index in [9.17, 15) is 4.79 Å². The third kappa shape index (κ3) is 2.21. The number of carbonyl (C=O) groups excluding carboxylic acids is 1. The normalized spacial score (nSPS) is 14.9. The van der Waals surface area contributed by atoms with E-state index < -0.39 is 0 Å². The predicted octanol–water partition coefficient (Wildman–Crippen LogP) is 3.16. The molecule has 0 aliphatic carbocycles. The first kappa shape index (κ1) is 11.5. The summed E-state index contributed by atoms with van der Waals surface area (Å²) >= 11 is 3.40. The molecule has 1 aliphatic heterocycles. The highest BCUT2D eigenvalue weighted by molar-refractivity contribution is 9.10. The molecule has 16 heavy (non-hydrogen) atoms. The Bertz CT molecular complexity index is 403. The monoisotopic (exact) mass is 284 g/mol. The number of hydrogen-bond donors (Lipinski definition) is 0. The van der Waals surface area contributed by atoms with Crippen molar-refractivity contribution in [3.63, 3.8) is 0 Å². The summed E-state index contributed by atoms with van der Waals surface area (Å²) in [6.07, 6.45) is 1.82. The maximum Gasteiger partial charge on any atom is 0.231 e. The summed E-state index contributed by atoms with van der Waals surface area (Å²) in [7, 11) is 0. The number of benzene rings is 1. The molecular formula is C12H13BrO3. The third-order valence-electron chi connectivity index (χ3n) is 2.48. The van der Waals surface area contributed by atoms with E-state index in [2.05, 4.69) is 22.9 Å². The minimum Gasteiger partial charge on any atom is -0.454 e. The molecule has 0 saturated carbocycles. The minimum absolute atomic E-state index is 0.0974. The Labute approximate surface area is 103 Å².